The monoisotopic (exact) mass is 338 g/mol. The Labute approximate surface area is 138 Å². The first-order valence-corrected chi connectivity index (χ1v) is 7.83. The fourth-order valence-corrected chi connectivity index (χ4v) is 3.04. The highest BCUT2D eigenvalue weighted by atomic mass is 35.5. The van der Waals surface area contributed by atoms with Crippen molar-refractivity contribution in [3.05, 3.63) is 46.2 Å². The Morgan fingerprint density at radius 1 is 1.41 bits per heavy atom. The SMILES string of the molecule is CC1CNCCN1C(=O)c1cnn(-c2ccc(Cl)cc2Cl)c1. The minimum atomic E-state index is -0.00895. The van der Waals surface area contributed by atoms with E-state index in [-0.39, 0.29) is 11.9 Å². The second-order valence-electron chi connectivity index (χ2n) is 5.32. The molecule has 7 heteroatoms. The molecule has 0 aliphatic carbocycles. The van der Waals surface area contributed by atoms with Gasteiger partial charge < -0.3 is 10.2 Å². The molecule has 1 atom stereocenters. The maximum absolute atomic E-state index is 12.6. The van der Waals surface area contributed by atoms with Crippen LogP contribution in [0.4, 0.5) is 0 Å². The van der Waals surface area contributed by atoms with Crippen molar-refractivity contribution in [2.45, 2.75) is 13.0 Å². The van der Waals surface area contributed by atoms with E-state index in [1.807, 2.05) is 11.8 Å². The smallest absolute Gasteiger partial charge is 0.257 e. The van der Waals surface area contributed by atoms with Crippen molar-refractivity contribution >= 4 is 29.1 Å². The maximum Gasteiger partial charge on any atom is 0.257 e. The molecule has 1 aromatic heterocycles. The van der Waals surface area contributed by atoms with Gasteiger partial charge in [-0.3, -0.25) is 4.79 Å². The molecule has 1 aliphatic heterocycles. The summed E-state index contributed by atoms with van der Waals surface area (Å²) >= 11 is 12.1. The molecule has 0 saturated carbocycles. The van der Waals surface area contributed by atoms with E-state index < -0.39 is 0 Å². The van der Waals surface area contributed by atoms with Crippen LogP contribution in [0.25, 0.3) is 5.69 Å². The fraction of sp³-hybridized carbons (Fsp3) is 0.333. The molecule has 1 fully saturated rings. The van der Waals surface area contributed by atoms with Gasteiger partial charge in [-0.15, -0.1) is 0 Å². The molecule has 1 saturated heterocycles. The Hall–Kier alpha value is -1.56. The van der Waals surface area contributed by atoms with Crippen LogP contribution in [0.2, 0.25) is 10.0 Å². The number of carbonyl (C=O) groups excluding carboxylic acids is 1. The Morgan fingerprint density at radius 3 is 2.95 bits per heavy atom. The zero-order valence-corrected chi connectivity index (χ0v) is 13.6. The highest BCUT2D eigenvalue weighted by Gasteiger charge is 2.25. The topological polar surface area (TPSA) is 50.2 Å². The molecule has 0 radical (unpaired) electrons. The third-order valence-corrected chi connectivity index (χ3v) is 4.29. The normalized spacial score (nSPS) is 18.5. The van der Waals surface area contributed by atoms with Crippen molar-refractivity contribution in [2.75, 3.05) is 19.6 Å². The molecule has 0 bridgehead atoms. The summed E-state index contributed by atoms with van der Waals surface area (Å²) in [5.41, 5.74) is 1.25. The molecular formula is C15H16Cl2N4O. The number of nitrogens with one attached hydrogen (secondary N) is 1. The van der Waals surface area contributed by atoms with Crippen LogP contribution in [0, 0.1) is 0 Å². The number of carbonyl (C=O) groups is 1. The number of rotatable bonds is 2. The third-order valence-electron chi connectivity index (χ3n) is 3.75. The molecular weight excluding hydrogens is 323 g/mol. The van der Waals surface area contributed by atoms with Gasteiger partial charge in [0.05, 0.1) is 22.5 Å². The number of aromatic nitrogens is 2. The number of nitrogens with zero attached hydrogens (tertiary/aromatic N) is 3. The van der Waals surface area contributed by atoms with Gasteiger partial charge in [0.2, 0.25) is 0 Å². The van der Waals surface area contributed by atoms with E-state index in [1.54, 1.807) is 35.3 Å². The first-order chi connectivity index (χ1) is 10.6. The Kier molecular flexibility index (Phi) is 4.38. The standard InChI is InChI=1S/C15H16Cl2N4O/c1-10-7-18-4-5-20(10)15(22)11-8-19-21(9-11)14-3-2-12(16)6-13(14)17/h2-3,6,8-10,18H,4-5,7H2,1H3. The quantitative estimate of drug-likeness (QED) is 0.915. The number of piperazine rings is 1. The van der Waals surface area contributed by atoms with Gasteiger partial charge in [-0.1, -0.05) is 23.2 Å². The summed E-state index contributed by atoms with van der Waals surface area (Å²) in [4.78, 5) is 14.4. The molecule has 2 aromatic rings. The summed E-state index contributed by atoms with van der Waals surface area (Å²) in [5, 5.41) is 8.57. The molecule has 1 unspecified atom stereocenters. The number of benzene rings is 1. The van der Waals surface area contributed by atoms with Gasteiger partial charge >= 0.3 is 0 Å². The van der Waals surface area contributed by atoms with Gasteiger partial charge in [0, 0.05) is 36.9 Å². The average molecular weight is 339 g/mol. The van der Waals surface area contributed by atoms with E-state index in [0.717, 1.165) is 13.1 Å². The first-order valence-electron chi connectivity index (χ1n) is 7.08. The predicted molar refractivity (Wildman–Crippen MR) is 87.0 cm³/mol. The Morgan fingerprint density at radius 2 is 2.23 bits per heavy atom. The molecule has 1 amide bonds. The zero-order valence-electron chi connectivity index (χ0n) is 12.1. The Balaban J connectivity index is 1.85. The minimum absolute atomic E-state index is 0.00895. The van der Waals surface area contributed by atoms with Crippen molar-refractivity contribution in [1.29, 1.82) is 0 Å². The van der Waals surface area contributed by atoms with Crippen LogP contribution in [-0.4, -0.2) is 46.3 Å². The van der Waals surface area contributed by atoms with Crippen LogP contribution in [0.1, 0.15) is 17.3 Å². The Bertz CT molecular complexity index is 701. The average Bonchev–Trinajstić information content (AvgIpc) is 2.96. The second kappa shape index (κ2) is 6.28. The minimum Gasteiger partial charge on any atom is -0.333 e. The predicted octanol–water partition coefficient (Wildman–Crippen LogP) is 2.61. The molecule has 116 valence electrons. The number of hydrogen-bond acceptors (Lipinski definition) is 3. The molecule has 1 N–H and O–H groups in total. The summed E-state index contributed by atoms with van der Waals surface area (Å²) in [6.07, 6.45) is 3.27. The van der Waals surface area contributed by atoms with Crippen molar-refractivity contribution in [2.24, 2.45) is 0 Å². The van der Waals surface area contributed by atoms with Crippen LogP contribution in [0.5, 0.6) is 0 Å². The highest BCUT2D eigenvalue weighted by Crippen LogP contribution is 2.24. The van der Waals surface area contributed by atoms with E-state index in [2.05, 4.69) is 10.4 Å². The summed E-state index contributed by atoms with van der Waals surface area (Å²) < 4.78 is 1.60. The van der Waals surface area contributed by atoms with E-state index in [1.165, 1.54) is 0 Å². The lowest BCUT2D eigenvalue weighted by molar-refractivity contribution is 0.0656. The van der Waals surface area contributed by atoms with Crippen molar-refractivity contribution < 1.29 is 4.79 Å². The van der Waals surface area contributed by atoms with Crippen molar-refractivity contribution in [1.82, 2.24) is 20.0 Å². The first kappa shape index (κ1) is 15.3. The molecule has 0 spiro atoms. The van der Waals surface area contributed by atoms with Crippen LogP contribution < -0.4 is 5.32 Å². The summed E-state index contributed by atoms with van der Waals surface area (Å²) in [7, 11) is 0. The van der Waals surface area contributed by atoms with Gasteiger partial charge in [0.1, 0.15) is 0 Å². The summed E-state index contributed by atoms with van der Waals surface area (Å²) in [6, 6.07) is 5.34. The van der Waals surface area contributed by atoms with Crippen LogP contribution in [0.15, 0.2) is 30.6 Å². The van der Waals surface area contributed by atoms with E-state index in [0.29, 0.717) is 27.8 Å². The van der Waals surface area contributed by atoms with Crippen LogP contribution in [0.3, 0.4) is 0 Å². The second-order valence-corrected chi connectivity index (χ2v) is 6.16. The van der Waals surface area contributed by atoms with Crippen molar-refractivity contribution in [3.63, 3.8) is 0 Å². The van der Waals surface area contributed by atoms with Gasteiger partial charge in [0.25, 0.3) is 5.91 Å². The fourth-order valence-electron chi connectivity index (χ4n) is 2.54. The van der Waals surface area contributed by atoms with Gasteiger partial charge in [-0.25, -0.2) is 4.68 Å². The molecule has 2 heterocycles. The largest absolute Gasteiger partial charge is 0.333 e. The molecule has 1 aromatic carbocycles. The van der Waals surface area contributed by atoms with E-state index >= 15 is 0 Å². The van der Waals surface area contributed by atoms with E-state index in [9.17, 15) is 4.79 Å². The van der Waals surface area contributed by atoms with Gasteiger partial charge in [-0.2, -0.15) is 5.10 Å². The lowest BCUT2D eigenvalue weighted by Gasteiger charge is -2.33. The lowest BCUT2D eigenvalue weighted by atomic mass is 10.2. The van der Waals surface area contributed by atoms with Crippen LogP contribution in [-0.2, 0) is 0 Å². The summed E-state index contributed by atoms with van der Waals surface area (Å²) in [6.45, 7) is 4.35. The molecule has 22 heavy (non-hydrogen) atoms. The molecule has 5 nitrogen and oxygen atoms in total. The maximum atomic E-state index is 12.6. The van der Waals surface area contributed by atoms with Crippen LogP contribution >= 0.6 is 23.2 Å². The molecule has 3 rings (SSSR count). The number of hydrogen-bond donors (Lipinski definition) is 1. The number of amides is 1. The summed E-state index contributed by atoms with van der Waals surface area (Å²) in [5.74, 6) is -0.00895. The lowest BCUT2D eigenvalue weighted by Crippen LogP contribution is -2.52. The molecule has 1 aliphatic rings. The number of halogens is 2. The van der Waals surface area contributed by atoms with E-state index in [4.69, 9.17) is 23.2 Å². The highest BCUT2D eigenvalue weighted by molar-refractivity contribution is 6.35. The third kappa shape index (κ3) is 2.97. The van der Waals surface area contributed by atoms with Gasteiger partial charge in [0.15, 0.2) is 0 Å². The van der Waals surface area contributed by atoms with Crippen molar-refractivity contribution in [3.8, 4) is 5.69 Å². The zero-order chi connectivity index (χ0) is 15.7. The van der Waals surface area contributed by atoms with Gasteiger partial charge in [-0.05, 0) is 25.1 Å².